The Morgan fingerprint density at radius 1 is 1.06 bits per heavy atom. The summed E-state index contributed by atoms with van der Waals surface area (Å²) in [6.45, 7) is 3.06. The fraction of sp³-hybridized carbons (Fsp3) is 0.208. The molecule has 0 atom stereocenters. The van der Waals surface area contributed by atoms with Gasteiger partial charge in [0.15, 0.2) is 5.11 Å². The third kappa shape index (κ3) is 4.22. The number of aromatic nitrogens is 1. The van der Waals surface area contributed by atoms with Crippen molar-refractivity contribution >= 4 is 51.8 Å². The van der Waals surface area contributed by atoms with Gasteiger partial charge in [-0.2, -0.15) is 0 Å². The Morgan fingerprint density at radius 2 is 1.78 bits per heavy atom. The van der Waals surface area contributed by atoms with E-state index in [0.29, 0.717) is 13.2 Å². The quantitative estimate of drug-likeness (QED) is 0.345. The van der Waals surface area contributed by atoms with E-state index < -0.39 is 11.8 Å². The van der Waals surface area contributed by atoms with Crippen LogP contribution in [0.15, 0.2) is 54.1 Å². The first-order valence-corrected chi connectivity index (χ1v) is 10.6. The van der Waals surface area contributed by atoms with E-state index in [1.807, 2.05) is 74.4 Å². The molecule has 2 heterocycles. The molecule has 0 bridgehead atoms. The van der Waals surface area contributed by atoms with Crippen molar-refractivity contribution in [2.75, 3.05) is 25.6 Å². The maximum Gasteiger partial charge on any atom is 0.263 e. The second-order valence-electron chi connectivity index (χ2n) is 7.70. The number of benzene rings is 2. The van der Waals surface area contributed by atoms with Crippen LogP contribution in [0.4, 0.5) is 5.69 Å². The van der Waals surface area contributed by atoms with Crippen molar-refractivity contribution in [3.63, 3.8) is 0 Å². The molecule has 1 fully saturated rings. The predicted molar refractivity (Wildman–Crippen MR) is 130 cm³/mol. The molecule has 1 aromatic heterocycles. The zero-order valence-electron chi connectivity index (χ0n) is 18.1. The van der Waals surface area contributed by atoms with Gasteiger partial charge in [-0.1, -0.05) is 24.3 Å². The molecule has 7 nitrogen and oxygen atoms in total. The smallest absolute Gasteiger partial charge is 0.263 e. The molecule has 4 rings (SSSR count). The normalized spacial score (nSPS) is 13.7. The van der Waals surface area contributed by atoms with Crippen LogP contribution in [-0.4, -0.2) is 42.2 Å². The zero-order valence-corrected chi connectivity index (χ0v) is 19.0. The first-order chi connectivity index (χ1) is 15.3. The lowest BCUT2D eigenvalue weighted by molar-refractivity contribution is -0.123. The molecular formula is C24H24N4O3S. The Morgan fingerprint density at radius 3 is 2.50 bits per heavy atom. The molecular weight excluding hydrogens is 424 g/mol. The van der Waals surface area contributed by atoms with Crippen molar-refractivity contribution in [3.8, 4) is 5.75 Å². The van der Waals surface area contributed by atoms with Gasteiger partial charge in [0.2, 0.25) is 0 Å². The highest BCUT2D eigenvalue weighted by Gasteiger charge is 2.26. The van der Waals surface area contributed by atoms with E-state index in [0.717, 1.165) is 33.6 Å². The third-order valence-corrected chi connectivity index (χ3v) is 5.63. The van der Waals surface area contributed by atoms with Gasteiger partial charge in [-0.15, -0.1) is 0 Å². The second kappa shape index (κ2) is 8.84. The first kappa shape index (κ1) is 21.6. The summed E-state index contributed by atoms with van der Waals surface area (Å²) in [4.78, 5) is 26.7. The number of carbonyl (C=O) groups excluding carboxylic acids is 2. The van der Waals surface area contributed by atoms with Crippen LogP contribution in [-0.2, 0) is 16.1 Å². The molecule has 3 aromatic rings. The molecule has 1 aliphatic heterocycles. The van der Waals surface area contributed by atoms with Crippen molar-refractivity contribution in [3.05, 3.63) is 65.4 Å². The van der Waals surface area contributed by atoms with E-state index in [1.54, 1.807) is 6.08 Å². The summed E-state index contributed by atoms with van der Waals surface area (Å²) in [5.41, 5.74) is 3.87. The molecule has 0 saturated carbocycles. The number of ether oxygens (including phenoxy) is 1. The van der Waals surface area contributed by atoms with Crippen LogP contribution < -0.4 is 20.3 Å². The molecule has 32 heavy (non-hydrogen) atoms. The van der Waals surface area contributed by atoms with Gasteiger partial charge in [-0.05, 0) is 43.4 Å². The highest BCUT2D eigenvalue weighted by atomic mass is 32.1. The summed E-state index contributed by atoms with van der Waals surface area (Å²) < 4.78 is 8.14. The lowest BCUT2D eigenvalue weighted by Crippen LogP contribution is -2.51. The van der Waals surface area contributed by atoms with E-state index in [-0.39, 0.29) is 10.7 Å². The number of rotatable bonds is 6. The van der Waals surface area contributed by atoms with E-state index in [4.69, 9.17) is 17.0 Å². The Balaban J connectivity index is 1.62. The van der Waals surface area contributed by atoms with Gasteiger partial charge in [0.05, 0.1) is 6.54 Å². The van der Waals surface area contributed by atoms with E-state index in [1.165, 1.54) is 0 Å². The average Bonchev–Trinajstić information content (AvgIpc) is 3.02. The Labute approximate surface area is 191 Å². The number of para-hydroxylation sites is 1. The molecule has 0 aliphatic carbocycles. The van der Waals surface area contributed by atoms with Crippen LogP contribution in [0.5, 0.6) is 5.75 Å². The minimum atomic E-state index is -0.501. The highest BCUT2D eigenvalue weighted by molar-refractivity contribution is 7.80. The van der Waals surface area contributed by atoms with Gasteiger partial charge < -0.3 is 14.2 Å². The van der Waals surface area contributed by atoms with Crippen LogP contribution in [0.25, 0.3) is 17.0 Å². The molecule has 8 heteroatoms. The highest BCUT2D eigenvalue weighted by Crippen LogP contribution is 2.28. The van der Waals surface area contributed by atoms with Crippen molar-refractivity contribution in [1.82, 2.24) is 15.2 Å². The number of fused-ring (bicyclic) bond motifs is 1. The number of hydrogen-bond acceptors (Lipinski definition) is 5. The van der Waals surface area contributed by atoms with Crippen LogP contribution in [0.2, 0.25) is 0 Å². The van der Waals surface area contributed by atoms with Crippen molar-refractivity contribution in [2.24, 2.45) is 0 Å². The molecule has 0 radical (unpaired) electrons. The van der Waals surface area contributed by atoms with Gasteiger partial charge in [0.25, 0.3) is 11.8 Å². The van der Waals surface area contributed by atoms with Gasteiger partial charge in [0.1, 0.15) is 17.9 Å². The fourth-order valence-corrected chi connectivity index (χ4v) is 3.97. The Hall–Kier alpha value is -3.65. The molecule has 2 amide bonds. The monoisotopic (exact) mass is 448 g/mol. The largest absolute Gasteiger partial charge is 0.492 e. The molecule has 1 aliphatic rings. The van der Waals surface area contributed by atoms with Gasteiger partial charge >= 0.3 is 0 Å². The summed E-state index contributed by atoms with van der Waals surface area (Å²) in [5, 5.41) is 5.94. The molecule has 1 saturated heterocycles. The van der Waals surface area contributed by atoms with E-state index in [9.17, 15) is 9.59 Å². The molecule has 0 spiro atoms. The fourth-order valence-electron chi connectivity index (χ4n) is 3.79. The minimum absolute atomic E-state index is 0.0202. The maximum absolute atomic E-state index is 12.3. The summed E-state index contributed by atoms with van der Waals surface area (Å²) in [6.07, 6.45) is 1.63. The SMILES string of the molecule is Cc1c(C=C2C(=O)NC(=S)NC2=O)c2ccccc2n1CCOc1cccc(N(C)C)c1. The summed E-state index contributed by atoms with van der Waals surface area (Å²) >= 11 is 4.88. The summed E-state index contributed by atoms with van der Waals surface area (Å²) in [6, 6.07) is 15.8. The van der Waals surface area contributed by atoms with Crippen LogP contribution >= 0.6 is 12.2 Å². The number of carbonyl (C=O) groups is 2. The summed E-state index contributed by atoms with van der Waals surface area (Å²) in [5.74, 6) is -0.197. The number of amides is 2. The second-order valence-corrected chi connectivity index (χ2v) is 8.11. The molecule has 164 valence electrons. The van der Waals surface area contributed by atoms with Crippen LogP contribution in [0.3, 0.4) is 0 Å². The van der Waals surface area contributed by atoms with E-state index in [2.05, 4.69) is 15.2 Å². The number of anilines is 1. The van der Waals surface area contributed by atoms with Gasteiger partial charge in [-0.25, -0.2) is 0 Å². The van der Waals surface area contributed by atoms with Crippen molar-refractivity contribution < 1.29 is 14.3 Å². The molecule has 2 aromatic carbocycles. The number of nitrogens with zero attached hydrogens (tertiary/aromatic N) is 2. The Bertz CT molecular complexity index is 1240. The molecule has 2 N–H and O–H groups in total. The standard InChI is InChI=1S/C24H24N4O3S/c1-15-19(14-20-22(29)25-24(32)26-23(20)30)18-9-4-5-10-21(18)28(15)11-12-31-17-8-6-7-16(13-17)27(2)3/h4-10,13-14H,11-12H2,1-3H3,(H2,25,26,29,30,32). The lowest BCUT2D eigenvalue weighted by atomic mass is 10.1. The minimum Gasteiger partial charge on any atom is -0.492 e. The predicted octanol–water partition coefficient (Wildman–Crippen LogP) is 3.01. The third-order valence-electron chi connectivity index (χ3n) is 5.43. The average molecular weight is 449 g/mol. The van der Waals surface area contributed by atoms with Crippen LogP contribution in [0.1, 0.15) is 11.3 Å². The lowest BCUT2D eigenvalue weighted by Gasteiger charge is -2.16. The van der Waals surface area contributed by atoms with Gasteiger partial charge in [-0.3, -0.25) is 20.2 Å². The topological polar surface area (TPSA) is 75.6 Å². The van der Waals surface area contributed by atoms with Crippen molar-refractivity contribution in [2.45, 2.75) is 13.5 Å². The maximum atomic E-state index is 12.3. The van der Waals surface area contributed by atoms with Crippen molar-refractivity contribution in [1.29, 1.82) is 0 Å². The van der Waals surface area contributed by atoms with Gasteiger partial charge in [0, 0.05) is 48.0 Å². The number of thiocarbonyl (C=S) groups is 1. The Kier molecular flexibility index (Phi) is 5.96. The van der Waals surface area contributed by atoms with Crippen LogP contribution in [0, 0.1) is 6.92 Å². The first-order valence-electron chi connectivity index (χ1n) is 10.2. The zero-order chi connectivity index (χ0) is 22.8. The molecule has 0 unspecified atom stereocenters. The van der Waals surface area contributed by atoms with E-state index >= 15 is 0 Å². The number of hydrogen-bond donors (Lipinski definition) is 2. The summed E-state index contributed by atoms with van der Waals surface area (Å²) in [7, 11) is 3.98. The number of nitrogens with one attached hydrogen (secondary N) is 2.